The molecule has 1 aliphatic rings. The Morgan fingerprint density at radius 3 is 1.88 bits per heavy atom. The Balaban J connectivity index is 0.000000328. The van der Waals surface area contributed by atoms with Gasteiger partial charge in [0.2, 0.25) is 5.91 Å². The van der Waals surface area contributed by atoms with Crippen molar-refractivity contribution in [2.24, 2.45) is 5.14 Å². The number of likely N-dealkylation sites (tertiary alicyclic amines) is 1. The predicted molar refractivity (Wildman–Crippen MR) is 165 cm³/mol. The van der Waals surface area contributed by atoms with E-state index in [1.54, 1.807) is 12.1 Å². The third-order valence-electron chi connectivity index (χ3n) is 7.31. The number of aliphatic hydroxyl groups excluding tert-OH is 1. The van der Waals surface area contributed by atoms with E-state index in [0.717, 1.165) is 34.6 Å². The highest BCUT2D eigenvalue weighted by atomic mass is 32.2. The molecule has 210 valence electrons. The van der Waals surface area contributed by atoms with Crippen molar-refractivity contribution in [3.05, 3.63) is 138 Å². The average molecular weight is 565 g/mol. The van der Waals surface area contributed by atoms with Crippen molar-refractivity contribution in [1.29, 1.82) is 5.26 Å². The zero-order valence-corrected chi connectivity index (χ0v) is 24.0. The number of aliphatic hydroxyl groups is 1. The Morgan fingerprint density at radius 2 is 1.44 bits per heavy atom. The second-order valence-electron chi connectivity index (χ2n) is 10.1. The number of likely N-dealkylation sites (N-methyl/N-ethyl adjacent to an activating group) is 1. The summed E-state index contributed by atoms with van der Waals surface area (Å²) in [7, 11) is 1.91. The van der Waals surface area contributed by atoms with E-state index in [4.69, 9.17) is 10.4 Å². The Hall–Kier alpha value is -3.93. The van der Waals surface area contributed by atoms with Crippen molar-refractivity contribution in [2.45, 2.75) is 29.4 Å². The lowest BCUT2D eigenvalue weighted by Gasteiger charge is -2.34. The first-order valence-corrected chi connectivity index (χ1v) is 14.6. The fourth-order valence-electron chi connectivity index (χ4n) is 5.08. The van der Waals surface area contributed by atoms with Gasteiger partial charge in [0.05, 0.1) is 29.7 Å². The van der Waals surface area contributed by atoms with E-state index in [1.165, 1.54) is 11.9 Å². The molecule has 7 heteroatoms. The van der Waals surface area contributed by atoms with Crippen LogP contribution in [0.2, 0.25) is 0 Å². The van der Waals surface area contributed by atoms with Crippen molar-refractivity contribution in [1.82, 2.24) is 9.80 Å². The summed E-state index contributed by atoms with van der Waals surface area (Å²) in [4.78, 5) is 19.1. The highest BCUT2D eigenvalue weighted by Crippen LogP contribution is 2.31. The minimum Gasteiger partial charge on any atom is -0.392 e. The Labute approximate surface area is 247 Å². The fourth-order valence-corrected chi connectivity index (χ4v) is 5.38. The molecule has 0 spiro atoms. The normalized spacial score (nSPS) is 15.4. The molecular formula is C34H36N4O2S. The number of nitrogens with zero attached hydrogens (tertiary/aromatic N) is 3. The first-order valence-electron chi connectivity index (χ1n) is 13.7. The summed E-state index contributed by atoms with van der Waals surface area (Å²) in [6.07, 6.45) is 0.509. The summed E-state index contributed by atoms with van der Waals surface area (Å²) in [5.41, 5.74) is 3.76. The molecule has 0 aromatic heterocycles. The van der Waals surface area contributed by atoms with Crippen LogP contribution in [0, 0.1) is 11.3 Å². The lowest BCUT2D eigenvalue weighted by molar-refractivity contribution is -0.133. The van der Waals surface area contributed by atoms with E-state index in [0.29, 0.717) is 18.7 Å². The predicted octanol–water partition coefficient (Wildman–Crippen LogP) is 5.61. The summed E-state index contributed by atoms with van der Waals surface area (Å²) in [5.74, 6) is -0.284. The second kappa shape index (κ2) is 15.2. The Kier molecular flexibility index (Phi) is 11.1. The van der Waals surface area contributed by atoms with Crippen LogP contribution < -0.4 is 5.14 Å². The van der Waals surface area contributed by atoms with Crippen molar-refractivity contribution >= 4 is 17.9 Å². The molecule has 2 atom stereocenters. The van der Waals surface area contributed by atoms with Crippen LogP contribution >= 0.6 is 11.9 Å². The highest BCUT2D eigenvalue weighted by molar-refractivity contribution is 7.97. The standard InChI is InChI=1S/C27H30N2O2.C7H6N2S/c1-28(25(21-11-5-2-6-12-21)20-29-18-17-24(30)19-29)27(31)26(22-13-7-3-8-14-22)23-15-9-4-10-16-23;8-5-6-1-3-7(10-9)4-2-6/h2-16,24-26,30H,17-20H2,1H3;1-4H,9H2. The molecule has 0 saturated carbocycles. The van der Waals surface area contributed by atoms with Gasteiger partial charge in [0.25, 0.3) is 0 Å². The van der Waals surface area contributed by atoms with Crippen molar-refractivity contribution < 1.29 is 9.90 Å². The number of amides is 1. The lowest BCUT2D eigenvalue weighted by Crippen LogP contribution is -2.41. The number of nitrogens with two attached hydrogens (primary N) is 1. The van der Waals surface area contributed by atoms with Gasteiger partial charge in [-0.3, -0.25) is 14.8 Å². The highest BCUT2D eigenvalue weighted by Gasteiger charge is 2.32. The van der Waals surface area contributed by atoms with Gasteiger partial charge < -0.3 is 10.0 Å². The number of carbonyl (C=O) groups is 1. The van der Waals surface area contributed by atoms with Crippen LogP contribution in [0.15, 0.2) is 120 Å². The minimum atomic E-state index is -0.359. The van der Waals surface area contributed by atoms with Crippen LogP contribution in [-0.2, 0) is 4.79 Å². The first-order chi connectivity index (χ1) is 20.0. The van der Waals surface area contributed by atoms with Crippen LogP contribution in [-0.4, -0.2) is 53.6 Å². The smallest absolute Gasteiger partial charge is 0.234 e. The van der Waals surface area contributed by atoms with Gasteiger partial charge in [-0.1, -0.05) is 91.0 Å². The van der Waals surface area contributed by atoms with Crippen LogP contribution in [0.3, 0.4) is 0 Å². The maximum absolute atomic E-state index is 14.0. The Bertz CT molecular complexity index is 1360. The first kappa shape index (κ1) is 30.0. The largest absolute Gasteiger partial charge is 0.392 e. The third kappa shape index (κ3) is 8.29. The molecule has 2 unspecified atom stereocenters. The van der Waals surface area contributed by atoms with E-state index in [-0.39, 0.29) is 24.0 Å². The fraction of sp³-hybridized carbons (Fsp3) is 0.235. The van der Waals surface area contributed by atoms with E-state index in [1.807, 2.05) is 109 Å². The van der Waals surface area contributed by atoms with Crippen LogP contribution in [0.4, 0.5) is 0 Å². The number of carbonyl (C=O) groups excluding carboxylic acids is 1. The number of β-amino-alcohol motifs (C(OH)–C–C–N with tert-alkyl or cyclic N) is 1. The van der Waals surface area contributed by atoms with Gasteiger partial charge in [-0.15, -0.1) is 0 Å². The van der Waals surface area contributed by atoms with E-state index < -0.39 is 0 Å². The van der Waals surface area contributed by atoms with E-state index in [9.17, 15) is 9.90 Å². The van der Waals surface area contributed by atoms with Gasteiger partial charge >= 0.3 is 0 Å². The summed E-state index contributed by atoms with van der Waals surface area (Å²) in [5, 5.41) is 23.7. The molecule has 4 aromatic carbocycles. The van der Waals surface area contributed by atoms with Crippen molar-refractivity contribution in [3.63, 3.8) is 0 Å². The number of rotatable bonds is 8. The number of nitriles is 1. The lowest BCUT2D eigenvalue weighted by atomic mass is 9.89. The van der Waals surface area contributed by atoms with Crippen LogP contribution in [0.5, 0.6) is 0 Å². The van der Waals surface area contributed by atoms with E-state index in [2.05, 4.69) is 17.0 Å². The van der Waals surface area contributed by atoms with Crippen molar-refractivity contribution in [3.8, 4) is 6.07 Å². The number of hydrogen-bond donors (Lipinski definition) is 2. The third-order valence-corrected chi connectivity index (χ3v) is 7.85. The molecule has 5 rings (SSSR count). The number of hydrogen-bond acceptors (Lipinski definition) is 6. The second-order valence-corrected chi connectivity index (χ2v) is 10.8. The maximum atomic E-state index is 14.0. The molecule has 0 radical (unpaired) electrons. The van der Waals surface area contributed by atoms with Gasteiger partial charge in [-0.05, 0) is 59.3 Å². The molecule has 0 aliphatic carbocycles. The minimum absolute atomic E-state index is 0.0750. The van der Waals surface area contributed by atoms with Gasteiger partial charge in [-0.2, -0.15) is 5.26 Å². The molecule has 3 N–H and O–H groups in total. The van der Waals surface area contributed by atoms with Gasteiger partial charge in [0.15, 0.2) is 0 Å². The summed E-state index contributed by atoms with van der Waals surface area (Å²) in [6, 6.07) is 39.3. The van der Waals surface area contributed by atoms with E-state index >= 15 is 0 Å². The summed E-state index contributed by atoms with van der Waals surface area (Å²) < 4.78 is 0. The summed E-state index contributed by atoms with van der Waals surface area (Å²) in [6.45, 7) is 2.22. The Morgan fingerprint density at radius 1 is 0.927 bits per heavy atom. The topological polar surface area (TPSA) is 93.6 Å². The zero-order chi connectivity index (χ0) is 29.0. The molecule has 1 saturated heterocycles. The van der Waals surface area contributed by atoms with Gasteiger partial charge in [-0.25, -0.2) is 0 Å². The summed E-state index contributed by atoms with van der Waals surface area (Å²) >= 11 is 1.18. The molecule has 0 bridgehead atoms. The van der Waals surface area contributed by atoms with Crippen molar-refractivity contribution in [2.75, 3.05) is 26.7 Å². The van der Waals surface area contributed by atoms with Crippen LogP contribution in [0.1, 0.15) is 40.6 Å². The quantitative estimate of drug-likeness (QED) is 0.270. The van der Waals surface area contributed by atoms with Gasteiger partial charge in [0.1, 0.15) is 0 Å². The zero-order valence-electron chi connectivity index (χ0n) is 23.2. The number of benzene rings is 4. The molecular weight excluding hydrogens is 528 g/mol. The molecule has 1 aliphatic heterocycles. The molecule has 1 fully saturated rings. The molecule has 6 nitrogen and oxygen atoms in total. The molecule has 41 heavy (non-hydrogen) atoms. The SMILES string of the molecule is CN(C(=O)C(c1ccccc1)c1ccccc1)C(CN1CCC(O)C1)c1ccccc1.N#Cc1ccc(SN)cc1. The molecule has 4 aromatic rings. The molecule has 1 heterocycles. The maximum Gasteiger partial charge on any atom is 0.234 e. The van der Waals surface area contributed by atoms with Gasteiger partial charge in [0, 0.05) is 31.6 Å². The monoisotopic (exact) mass is 564 g/mol. The van der Waals surface area contributed by atoms with Crippen LogP contribution in [0.25, 0.3) is 0 Å². The average Bonchev–Trinajstić information content (AvgIpc) is 3.46. The molecule has 1 amide bonds.